The normalized spacial score (nSPS) is 12.3. The number of carbonyl (C=O) groups excluding carboxylic acids is 1. The van der Waals surface area contributed by atoms with Crippen molar-refractivity contribution >= 4 is 11.9 Å². The highest BCUT2D eigenvalue weighted by molar-refractivity contribution is 5.78. The summed E-state index contributed by atoms with van der Waals surface area (Å²) in [6.45, 7) is 0.379. The molecule has 0 saturated heterocycles. The van der Waals surface area contributed by atoms with Crippen molar-refractivity contribution in [1.82, 2.24) is 4.90 Å². The number of benzene rings is 2. The van der Waals surface area contributed by atoms with Gasteiger partial charge in [0.2, 0.25) is 0 Å². The number of carbonyl (C=O) groups is 2. The van der Waals surface area contributed by atoms with Gasteiger partial charge in [-0.25, -0.2) is 4.79 Å². The Kier molecular flexibility index (Phi) is 10.9. The molecule has 0 spiro atoms. The monoisotopic (exact) mass is 493 g/mol. The minimum atomic E-state index is -3.89. The largest absolute Gasteiger partial charge is 0.497 e. The van der Waals surface area contributed by atoms with E-state index in [1.165, 1.54) is 0 Å². The van der Waals surface area contributed by atoms with Gasteiger partial charge in [-0.05, 0) is 56.3 Å². The van der Waals surface area contributed by atoms with E-state index in [-0.39, 0.29) is 13.0 Å². The van der Waals surface area contributed by atoms with Crippen LogP contribution in [0, 0.1) is 0 Å². The summed E-state index contributed by atoms with van der Waals surface area (Å²) in [5, 5.41) is 8.65. The number of para-hydroxylation sites is 1. The zero-order chi connectivity index (χ0) is 25.8. The second-order valence-corrected chi connectivity index (χ2v) is 8.49. The van der Waals surface area contributed by atoms with E-state index in [9.17, 15) is 18.4 Å². The average molecular weight is 494 g/mol. The first kappa shape index (κ1) is 28.0. The van der Waals surface area contributed by atoms with Gasteiger partial charge in [-0.2, -0.15) is 8.78 Å². The maximum atomic E-state index is 14.1. The molecule has 1 atom stereocenters. The maximum absolute atomic E-state index is 14.1. The molecule has 2 aromatic rings. The van der Waals surface area contributed by atoms with Crippen LogP contribution in [0.1, 0.15) is 30.4 Å². The third-order valence-electron chi connectivity index (χ3n) is 5.34. The van der Waals surface area contributed by atoms with Crippen LogP contribution < -0.4 is 9.47 Å². The Labute approximate surface area is 204 Å². The fourth-order valence-corrected chi connectivity index (χ4v) is 3.32. The Balaban J connectivity index is 2.04. The molecule has 0 fully saturated rings. The van der Waals surface area contributed by atoms with E-state index in [4.69, 9.17) is 19.3 Å². The minimum Gasteiger partial charge on any atom is -0.497 e. The molecule has 192 valence electrons. The van der Waals surface area contributed by atoms with Gasteiger partial charge in [0.1, 0.15) is 24.2 Å². The average Bonchev–Trinajstić information content (AvgIpc) is 2.83. The number of methoxy groups -OCH3 is 1. The zero-order valence-electron chi connectivity index (χ0n) is 20.3. The summed E-state index contributed by atoms with van der Waals surface area (Å²) >= 11 is 0. The number of aliphatic carboxylic acids is 1. The summed E-state index contributed by atoms with van der Waals surface area (Å²) in [4.78, 5) is 24.5. The molecular formula is C26H33F2NO6. The van der Waals surface area contributed by atoms with Gasteiger partial charge < -0.3 is 24.2 Å². The minimum absolute atomic E-state index is 0.106. The molecule has 9 heteroatoms. The molecule has 35 heavy (non-hydrogen) atoms. The van der Waals surface area contributed by atoms with Crippen molar-refractivity contribution < 1.29 is 37.7 Å². The molecule has 0 aliphatic rings. The van der Waals surface area contributed by atoms with Gasteiger partial charge in [0.05, 0.1) is 13.5 Å². The Morgan fingerprint density at radius 1 is 1.09 bits per heavy atom. The van der Waals surface area contributed by atoms with Gasteiger partial charge in [-0.1, -0.05) is 30.3 Å². The Hall–Kier alpha value is -3.20. The first-order chi connectivity index (χ1) is 16.6. The SMILES string of the molecule is COc1cccc(CCc2ccccc2OC[C@@H](CCN(C)C)OC(=O)C(F)(F)CCC(=O)O)c1. The number of ether oxygens (including phenoxy) is 3. The van der Waals surface area contributed by atoms with Crippen LogP contribution in [0.4, 0.5) is 8.78 Å². The lowest BCUT2D eigenvalue weighted by Gasteiger charge is -2.23. The molecule has 0 unspecified atom stereocenters. The number of halogens is 2. The third-order valence-corrected chi connectivity index (χ3v) is 5.34. The van der Waals surface area contributed by atoms with Crippen molar-refractivity contribution in [1.29, 1.82) is 0 Å². The van der Waals surface area contributed by atoms with Gasteiger partial charge >= 0.3 is 17.9 Å². The van der Waals surface area contributed by atoms with E-state index in [0.29, 0.717) is 18.7 Å². The molecule has 7 nitrogen and oxygen atoms in total. The van der Waals surface area contributed by atoms with Crippen molar-refractivity contribution in [3.63, 3.8) is 0 Å². The second-order valence-electron chi connectivity index (χ2n) is 8.49. The van der Waals surface area contributed by atoms with Crippen molar-refractivity contribution in [2.75, 3.05) is 34.4 Å². The van der Waals surface area contributed by atoms with Gasteiger partial charge in [-0.15, -0.1) is 0 Å². The fraction of sp³-hybridized carbons (Fsp3) is 0.462. The van der Waals surface area contributed by atoms with Crippen LogP contribution in [0.3, 0.4) is 0 Å². The van der Waals surface area contributed by atoms with Gasteiger partial charge in [-0.3, -0.25) is 4.79 Å². The Morgan fingerprint density at radius 3 is 2.51 bits per heavy atom. The summed E-state index contributed by atoms with van der Waals surface area (Å²) < 4.78 is 44.4. The molecule has 0 aliphatic heterocycles. The van der Waals surface area contributed by atoms with Crippen molar-refractivity contribution in [3.8, 4) is 11.5 Å². The van der Waals surface area contributed by atoms with Crippen LogP contribution >= 0.6 is 0 Å². The molecule has 2 rings (SSSR count). The van der Waals surface area contributed by atoms with E-state index < -0.39 is 36.8 Å². The van der Waals surface area contributed by atoms with E-state index in [1.54, 1.807) is 13.2 Å². The standard InChI is InChI=1S/C26H33F2NO6/c1-29(2)16-14-22(35-25(32)26(27,28)15-13-24(30)31)18-34-23-10-5-4-8-20(23)12-11-19-7-6-9-21(17-19)33-3/h4-10,17,22H,11-16,18H2,1-3H3,(H,30,31)/t22-/m1/s1. The van der Waals surface area contributed by atoms with Crippen LogP contribution in [0.15, 0.2) is 48.5 Å². The summed E-state index contributed by atoms with van der Waals surface area (Å²) in [5.41, 5.74) is 2.03. The number of carboxylic acids is 1. The first-order valence-corrected chi connectivity index (χ1v) is 11.4. The van der Waals surface area contributed by atoms with Gasteiger partial charge in [0.15, 0.2) is 0 Å². The third kappa shape index (κ3) is 9.90. The molecule has 0 bridgehead atoms. The maximum Gasteiger partial charge on any atom is 0.377 e. The molecule has 0 aromatic heterocycles. The molecule has 0 saturated carbocycles. The molecule has 1 N–H and O–H groups in total. The number of esters is 1. The zero-order valence-corrected chi connectivity index (χ0v) is 20.3. The smallest absolute Gasteiger partial charge is 0.377 e. The number of hydrogen-bond acceptors (Lipinski definition) is 6. The molecule has 0 radical (unpaired) electrons. The van der Waals surface area contributed by atoms with Crippen LogP contribution in [0.2, 0.25) is 0 Å². The van der Waals surface area contributed by atoms with Crippen molar-refractivity contribution in [2.24, 2.45) is 0 Å². The van der Waals surface area contributed by atoms with E-state index in [0.717, 1.165) is 23.3 Å². The molecule has 0 amide bonds. The highest BCUT2D eigenvalue weighted by Crippen LogP contribution is 2.25. The Bertz CT molecular complexity index is 966. The number of rotatable bonds is 15. The van der Waals surface area contributed by atoms with Gasteiger partial charge in [0.25, 0.3) is 0 Å². The second kappa shape index (κ2) is 13.6. The van der Waals surface area contributed by atoms with E-state index >= 15 is 0 Å². The topological polar surface area (TPSA) is 85.3 Å². The van der Waals surface area contributed by atoms with Crippen LogP contribution in [-0.2, 0) is 27.2 Å². The summed E-state index contributed by atoms with van der Waals surface area (Å²) in [7, 11) is 5.24. The number of alkyl halides is 2. The van der Waals surface area contributed by atoms with E-state index in [1.807, 2.05) is 61.5 Å². The first-order valence-electron chi connectivity index (χ1n) is 11.4. The lowest BCUT2D eigenvalue weighted by Crippen LogP contribution is -2.37. The molecular weight excluding hydrogens is 460 g/mol. The number of carboxylic acid groups (broad SMARTS) is 1. The molecule has 0 heterocycles. The van der Waals surface area contributed by atoms with E-state index in [2.05, 4.69) is 0 Å². The van der Waals surface area contributed by atoms with Crippen LogP contribution in [0.25, 0.3) is 0 Å². The highest BCUT2D eigenvalue weighted by atomic mass is 19.3. The highest BCUT2D eigenvalue weighted by Gasteiger charge is 2.42. The lowest BCUT2D eigenvalue weighted by molar-refractivity contribution is -0.181. The molecule has 2 aromatic carbocycles. The van der Waals surface area contributed by atoms with Crippen LogP contribution in [-0.4, -0.2) is 68.3 Å². The summed E-state index contributed by atoms with van der Waals surface area (Å²) in [5.74, 6) is -5.67. The number of aryl methyl sites for hydroxylation is 2. The van der Waals surface area contributed by atoms with Crippen LogP contribution in [0.5, 0.6) is 11.5 Å². The summed E-state index contributed by atoms with van der Waals surface area (Å²) in [6.07, 6.45) is -1.17. The molecule has 0 aliphatic carbocycles. The predicted molar refractivity (Wildman–Crippen MR) is 127 cm³/mol. The fourth-order valence-electron chi connectivity index (χ4n) is 3.32. The lowest BCUT2D eigenvalue weighted by atomic mass is 10.0. The van der Waals surface area contributed by atoms with Crippen molar-refractivity contribution in [2.45, 2.75) is 44.1 Å². The quantitative estimate of drug-likeness (QED) is 0.372. The van der Waals surface area contributed by atoms with Gasteiger partial charge in [0, 0.05) is 19.4 Å². The van der Waals surface area contributed by atoms with Crippen molar-refractivity contribution in [3.05, 3.63) is 59.7 Å². The number of nitrogens with zero attached hydrogens (tertiary/aromatic N) is 1. The predicted octanol–water partition coefficient (Wildman–Crippen LogP) is 4.22. The summed E-state index contributed by atoms with van der Waals surface area (Å²) in [6, 6.07) is 15.2. The Morgan fingerprint density at radius 2 is 1.83 bits per heavy atom. The number of hydrogen-bond donors (Lipinski definition) is 1.